The van der Waals surface area contributed by atoms with Crippen LogP contribution in [-0.2, 0) is 4.74 Å². The summed E-state index contributed by atoms with van der Waals surface area (Å²) in [6, 6.07) is 7.79. The Balaban J connectivity index is 2.05. The van der Waals surface area contributed by atoms with Crippen LogP contribution in [0, 0.1) is 0 Å². The summed E-state index contributed by atoms with van der Waals surface area (Å²) in [5.41, 5.74) is 7.18. The van der Waals surface area contributed by atoms with Crippen LogP contribution in [0.15, 0.2) is 30.6 Å². The Bertz CT molecular complexity index is 619. The van der Waals surface area contributed by atoms with E-state index in [1.807, 2.05) is 24.3 Å². The minimum atomic E-state index is -0.598. The van der Waals surface area contributed by atoms with Gasteiger partial charge in [-0.1, -0.05) is 12.1 Å². The first kappa shape index (κ1) is 12.6. The zero-order valence-electron chi connectivity index (χ0n) is 10.9. The number of amides is 1. The van der Waals surface area contributed by atoms with E-state index >= 15 is 0 Å². The predicted octanol–water partition coefficient (Wildman–Crippen LogP) is 0.203. The van der Waals surface area contributed by atoms with Gasteiger partial charge in [0.15, 0.2) is 0 Å². The van der Waals surface area contributed by atoms with Gasteiger partial charge in [0.25, 0.3) is 5.91 Å². The van der Waals surface area contributed by atoms with Crippen LogP contribution in [0.3, 0.4) is 0 Å². The first-order chi connectivity index (χ1) is 9.77. The molecule has 2 heterocycles. The van der Waals surface area contributed by atoms with Gasteiger partial charge in [-0.2, -0.15) is 0 Å². The van der Waals surface area contributed by atoms with Gasteiger partial charge in [0, 0.05) is 13.1 Å². The third kappa shape index (κ3) is 2.23. The van der Waals surface area contributed by atoms with Gasteiger partial charge in [-0.05, 0) is 12.1 Å². The standard InChI is InChI=1S/C13H15N5O2/c14-12(19)13-16-15-9-18(13)11-4-2-1-3-10(11)17-5-7-20-8-6-17/h1-4,9H,5-8H2,(H2,14,19). The maximum atomic E-state index is 11.4. The molecular weight excluding hydrogens is 258 g/mol. The summed E-state index contributed by atoms with van der Waals surface area (Å²) in [6.07, 6.45) is 1.50. The molecule has 1 aliphatic heterocycles. The molecule has 0 aliphatic carbocycles. The summed E-state index contributed by atoms with van der Waals surface area (Å²) < 4.78 is 6.98. The van der Waals surface area contributed by atoms with Crippen LogP contribution in [0.1, 0.15) is 10.6 Å². The number of aromatic nitrogens is 3. The molecule has 1 aromatic carbocycles. The Labute approximate surface area is 116 Å². The van der Waals surface area contributed by atoms with Gasteiger partial charge in [0.05, 0.1) is 24.6 Å². The molecule has 0 atom stereocenters. The van der Waals surface area contributed by atoms with Crippen molar-refractivity contribution in [1.29, 1.82) is 0 Å². The molecule has 1 aromatic heterocycles. The average Bonchev–Trinajstić information content (AvgIpc) is 2.98. The van der Waals surface area contributed by atoms with Gasteiger partial charge in [-0.25, -0.2) is 0 Å². The number of rotatable bonds is 3. The lowest BCUT2D eigenvalue weighted by molar-refractivity contribution is 0.0988. The number of morpholine rings is 1. The third-order valence-corrected chi connectivity index (χ3v) is 3.26. The van der Waals surface area contributed by atoms with E-state index in [9.17, 15) is 4.79 Å². The van der Waals surface area contributed by atoms with Crippen LogP contribution < -0.4 is 10.6 Å². The number of carbonyl (C=O) groups excluding carboxylic acids is 1. The van der Waals surface area contributed by atoms with Gasteiger partial charge >= 0.3 is 0 Å². The van der Waals surface area contributed by atoms with Crippen molar-refractivity contribution in [1.82, 2.24) is 14.8 Å². The number of carbonyl (C=O) groups is 1. The first-order valence-corrected chi connectivity index (χ1v) is 6.39. The van der Waals surface area contributed by atoms with Crippen molar-refractivity contribution in [3.8, 4) is 5.69 Å². The number of nitrogens with zero attached hydrogens (tertiary/aromatic N) is 4. The quantitative estimate of drug-likeness (QED) is 0.863. The zero-order valence-corrected chi connectivity index (χ0v) is 10.9. The predicted molar refractivity (Wildman–Crippen MR) is 72.9 cm³/mol. The zero-order chi connectivity index (χ0) is 13.9. The highest BCUT2D eigenvalue weighted by atomic mass is 16.5. The molecule has 3 rings (SSSR count). The third-order valence-electron chi connectivity index (χ3n) is 3.26. The second-order valence-corrected chi connectivity index (χ2v) is 4.48. The number of hydrogen-bond donors (Lipinski definition) is 1. The number of para-hydroxylation sites is 2. The largest absolute Gasteiger partial charge is 0.378 e. The van der Waals surface area contributed by atoms with Gasteiger partial charge < -0.3 is 15.4 Å². The van der Waals surface area contributed by atoms with Crippen molar-refractivity contribution < 1.29 is 9.53 Å². The smallest absolute Gasteiger partial charge is 0.287 e. The highest BCUT2D eigenvalue weighted by Gasteiger charge is 2.18. The molecule has 20 heavy (non-hydrogen) atoms. The van der Waals surface area contributed by atoms with Gasteiger partial charge in [0.2, 0.25) is 5.82 Å². The Morgan fingerprint density at radius 3 is 2.60 bits per heavy atom. The molecule has 2 N–H and O–H groups in total. The van der Waals surface area contributed by atoms with Crippen molar-refractivity contribution >= 4 is 11.6 Å². The van der Waals surface area contributed by atoms with Crippen molar-refractivity contribution in [2.45, 2.75) is 0 Å². The maximum absolute atomic E-state index is 11.4. The van der Waals surface area contributed by atoms with Crippen LogP contribution >= 0.6 is 0 Å². The van der Waals surface area contributed by atoms with E-state index in [-0.39, 0.29) is 5.82 Å². The number of hydrogen-bond acceptors (Lipinski definition) is 5. The molecule has 1 fully saturated rings. The Hall–Kier alpha value is -2.41. The molecule has 0 bridgehead atoms. The molecule has 1 saturated heterocycles. The molecule has 2 aromatic rings. The van der Waals surface area contributed by atoms with Crippen molar-refractivity contribution in [2.75, 3.05) is 31.2 Å². The van der Waals surface area contributed by atoms with Crippen molar-refractivity contribution in [3.05, 3.63) is 36.4 Å². The summed E-state index contributed by atoms with van der Waals surface area (Å²) in [4.78, 5) is 13.6. The Kier molecular flexibility index (Phi) is 3.34. The fraction of sp³-hybridized carbons (Fsp3) is 0.308. The van der Waals surface area contributed by atoms with Gasteiger partial charge in [-0.15, -0.1) is 10.2 Å². The summed E-state index contributed by atoms with van der Waals surface area (Å²) in [7, 11) is 0. The lowest BCUT2D eigenvalue weighted by atomic mass is 10.2. The van der Waals surface area contributed by atoms with Crippen LogP contribution in [0.4, 0.5) is 5.69 Å². The second kappa shape index (κ2) is 5.30. The minimum absolute atomic E-state index is 0.130. The molecule has 1 amide bonds. The average molecular weight is 273 g/mol. The number of ether oxygens (including phenoxy) is 1. The van der Waals surface area contributed by atoms with Crippen molar-refractivity contribution in [2.24, 2.45) is 5.73 Å². The van der Waals surface area contributed by atoms with E-state index in [2.05, 4.69) is 15.1 Å². The van der Waals surface area contributed by atoms with E-state index in [1.165, 1.54) is 6.33 Å². The lowest BCUT2D eigenvalue weighted by Crippen LogP contribution is -2.36. The molecule has 0 radical (unpaired) electrons. The second-order valence-electron chi connectivity index (χ2n) is 4.48. The van der Waals surface area contributed by atoms with E-state index in [4.69, 9.17) is 10.5 Å². The van der Waals surface area contributed by atoms with E-state index in [0.29, 0.717) is 13.2 Å². The minimum Gasteiger partial charge on any atom is -0.378 e. The van der Waals surface area contributed by atoms with Crippen LogP contribution in [0.5, 0.6) is 0 Å². The molecule has 7 nitrogen and oxygen atoms in total. The summed E-state index contributed by atoms with van der Waals surface area (Å²) in [5, 5.41) is 7.55. The summed E-state index contributed by atoms with van der Waals surface area (Å²) in [6.45, 7) is 3.01. The molecule has 1 aliphatic rings. The highest BCUT2D eigenvalue weighted by Crippen LogP contribution is 2.25. The number of primary amides is 1. The maximum Gasteiger partial charge on any atom is 0.287 e. The normalized spacial score (nSPS) is 15.3. The van der Waals surface area contributed by atoms with E-state index < -0.39 is 5.91 Å². The monoisotopic (exact) mass is 273 g/mol. The Morgan fingerprint density at radius 2 is 1.90 bits per heavy atom. The fourth-order valence-electron chi connectivity index (χ4n) is 2.32. The molecule has 7 heteroatoms. The van der Waals surface area contributed by atoms with Crippen LogP contribution in [0.2, 0.25) is 0 Å². The van der Waals surface area contributed by atoms with Gasteiger partial charge in [-0.3, -0.25) is 9.36 Å². The molecule has 104 valence electrons. The summed E-state index contributed by atoms with van der Waals surface area (Å²) >= 11 is 0. The highest BCUT2D eigenvalue weighted by molar-refractivity contribution is 5.90. The molecule has 0 spiro atoms. The number of nitrogens with two attached hydrogens (primary N) is 1. The van der Waals surface area contributed by atoms with Gasteiger partial charge in [0.1, 0.15) is 6.33 Å². The Morgan fingerprint density at radius 1 is 1.20 bits per heavy atom. The first-order valence-electron chi connectivity index (χ1n) is 6.39. The number of benzene rings is 1. The molecular formula is C13H15N5O2. The topological polar surface area (TPSA) is 86.3 Å². The SMILES string of the molecule is NC(=O)c1nncn1-c1ccccc1N1CCOCC1. The summed E-state index contributed by atoms with van der Waals surface area (Å²) in [5.74, 6) is -0.468. The van der Waals surface area contributed by atoms with E-state index in [1.54, 1.807) is 4.57 Å². The number of anilines is 1. The lowest BCUT2D eigenvalue weighted by Gasteiger charge is -2.30. The molecule has 0 saturated carbocycles. The fourth-order valence-corrected chi connectivity index (χ4v) is 2.32. The van der Waals surface area contributed by atoms with Crippen LogP contribution in [0.25, 0.3) is 5.69 Å². The van der Waals surface area contributed by atoms with E-state index in [0.717, 1.165) is 24.5 Å². The molecule has 0 unspecified atom stereocenters. The van der Waals surface area contributed by atoms with Crippen LogP contribution in [-0.4, -0.2) is 47.0 Å². The van der Waals surface area contributed by atoms with Crippen molar-refractivity contribution in [3.63, 3.8) is 0 Å².